The van der Waals surface area contributed by atoms with Crippen molar-refractivity contribution < 1.29 is 4.74 Å². The highest BCUT2D eigenvalue weighted by Gasteiger charge is 2.22. The van der Waals surface area contributed by atoms with E-state index in [9.17, 15) is 0 Å². The third kappa shape index (κ3) is 4.28. The van der Waals surface area contributed by atoms with E-state index in [1.54, 1.807) is 7.11 Å². The number of hydrogen-bond donors (Lipinski definition) is 1. The summed E-state index contributed by atoms with van der Waals surface area (Å²) in [6.07, 6.45) is 8.60. The topological polar surface area (TPSA) is 52.0 Å². The van der Waals surface area contributed by atoms with Gasteiger partial charge in [0.1, 0.15) is 0 Å². The predicted molar refractivity (Wildman–Crippen MR) is 74.9 cm³/mol. The third-order valence-electron chi connectivity index (χ3n) is 4.05. The first-order valence-corrected chi connectivity index (χ1v) is 7.43. The van der Waals surface area contributed by atoms with Gasteiger partial charge in [0.15, 0.2) is 0 Å². The van der Waals surface area contributed by atoms with Gasteiger partial charge < -0.3 is 10.1 Å². The minimum absolute atomic E-state index is 0.555. The summed E-state index contributed by atoms with van der Waals surface area (Å²) in [5.74, 6) is 0.867. The van der Waals surface area contributed by atoms with E-state index in [0.29, 0.717) is 6.04 Å². The van der Waals surface area contributed by atoms with E-state index in [-0.39, 0.29) is 0 Å². The highest BCUT2D eigenvalue weighted by atomic mass is 16.5. The average Bonchev–Trinajstić information content (AvgIpc) is 2.92. The SMILES string of the molecule is CCC1CCCC(n2cc(CNCCOC)nn2)C1. The van der Waals surface area contributed by atoms with Crippen LogP contribution in [0, 0.1) is 5.92 Å². The Labute approximate surface area is 115 Å². The van der Waals surface area contributed by atoms with Crippen LogP contribution < -0.4 is 5.32 Å². The Balaban J connectivity index is 1.82. The highest BCUT2D eigenvalue weighted by molar-refractivity contribution is 4.93. The molecular weight excluding hydrogens is 240 g/mol. The number of rotatable bonds is 7. The summed E-state index contributed by atoms with van der Waals surface area (Å²) in [7, 11) is 1.71. The van der Waals surface area contributed by atoms with Crippen LogP contribution in [0.1, 0.15) is 50.8 Å². The van der Waals surface area contributed by atoms with Crippen molar-refractivity contribution in [3.63, 3.8) is 0 Å². The first-order chi connectivity index (χ1) is 9.33. The zero-order valence-electron chi connectivity index (χ0n) is 12.1. The van der Waals surface area contributed by atoms with Crippen LogP contribution in [0.4, 0.5) is 0 Å². The molecule has 0 aliphatic heterocycles. The van der Waals surface area contributed by atoms with Gasteiger partial charge in [0.2, 0.25) is 0 Å². The largest absolute Gasteiger partial charge is 0.383 e. The molecule has 19 heavy (non-hydrogen) atoms. The molecule has 0 spiro atoms. The summed E-state index contributed by atoms with van der Waals surface area (Å²) < 4.78 is 7.08. The molecule has 2 unspecified atom stereocenters. The van der Waals surface area contributed by atoms with Crippen molar-refractivity contribution in [3.05, 3.63) is 11.9 Å². The fourth-order valence-electron chi connectivity index (χ4n) is 2.84. The number of ether oxygens (including phenoxy) is 1. The van der Waals surface area contributed by atoms with Gasteiger partial charge in [0.25, 0.3) is 0 Å². The second kappa shape index (κ2) is 7.60. The molecule has 2 rings (SSSR count). The van der Waals surface area contributed by atoms with Gasteiger partial charge in [-0.3, -0.25) is 0 Å². The second-order valence-electron chi connectivity index (χ2n) is 5.45. The standard InChI is InChI=1S/C14H26N4O/c1-3-12-5-4-6-14(9-12)18-11-13(16-17-18)10-15-7-8-19-2/h11-12,14-15H,3-10H2,1-2H3. The minimum Gasteiger partial charge on any atom is -0.383 e. The molecule has 0 bridgehead atoms. The number of hydrogen-bond acceptors (Lipinski definition) is 4. The lowest BCUT2D eigenvalue weighted by Gasteiger charge is -2.28. The molecule has 108 valence electrons. The Morgan fingerprint density at radius 3 is 3.16 bits per heavy atom. The molecule has 5 heteroatoms. The van der Waals surface area contributed by atoms with Crippen molar-refractivity contribution >= 4 is 0 Å². The molecule has 5 nitrogen and oxygen atoms in total. The minimum atomic E-state index is 0.555. The van der Waals surface area contributed by atoms with E-state index >= 15 is 0 Å². The number of nitrogens with zero attached hydrogens (tertiary/aromatic N) is 3. The maximum Gasteiger partial charge on any atom is 0.0964 e. The van der Waals surface area contributed by atoms with Crippen molar-refractivity contribution in [2.75, 3.05) is 20.3 Å². The van der Waals surface area contributed by atoms with Gasteiger partial charge in [-0.25, -0.2) is 4.68 Å². The molecule has 1 aromatic rings. The molecule has 1 aromatic heterocycles. The van der Waals surface area contributed by atoms with Crippen LogP contribution in [-0.4, -0.2) is 35.3 Å². The molecule has 0 radical (unpaired) electrons. The van der Waals surface area contributed by atoms with Gasteiger partial charge in [0, 0.05) is 20.2 Å². The average molecular weight is 266 g/mol. The summed E-state index contributed by atoms with van der Waals surface area (Å²) in [5.41, 5.74) is 1.02. The molecule has 1 N–H and O–H groups in total. The van der Waals surface area contributed by atoms with Crippen LogP contribution in [0.3, 0.4) is 0 Å². The second-order valence-corrected chi connectivity index (χ2v) is 5.45. The molecule has 0 amide bonds. The molecule has 0 aromatic carbocycles. The summed E-state index contributed by atoms with van der Waals surface area (Å²) in [6, 6.07) is 0.555. The first-order valence-electron chi connectivity index (χ1n) is 7.43. The van der Waals surface area contributed by atoms with Crippen molar-refractivity contribution in [1.82, 2.24) is 20.3 Å². The number of aromatic nitrogens is 3. The highest BCUT2D eigenvalue weighted by Crippen LogP contribution is 2.33. The van der Waals surface area contributed by atoms with E-state index < -0.39 is 0 Å². The van der Waals surface area contributed by atoms with E-state index in [0.717, 1.165) is 31.3 Å². The zero-order valence-corrected chi connectivity index (χ0v) is 12.1. The van der Waals surface area contributed by atoms with Crippen molar-refractivity contribution in [2.45, 2.75) is 51.6 Å². The molecule has 1 heterocycles. The molecule has 1 aliphatic carbocycles. The molecule has 0 saturated heterocycles. The van der Waals surface area contributed by atoms with Gasteiger partial charge in [-0.2, -0.15) is 0 Å². The summed E-state index contributed by atoms with van der Waals surface area (Å²) in [5, 5.41) is 11.9. The lowest BCUT2D eigenvalue weighted by Crippen LogP contribution is -2.19. The van der Waals surface area contributed by atoms with Gasteiger partial charge in [-0.1, -0.05) is 31.4 Å². The first kappa shape index (κ1) is 14.5. The molecule has 2 atom stereocenters. The van der Waals surface area contributed by atoms with Crippen molar-refractivity contribution in [2.24, 2.45) is 5.92 Å². The van der Waals surface area contributed by atoms with Crippen molar-refractivity contribution in [3.8, 4) is 0 Å². The van der Waals surface area contributed by atoms with Gasteiger partial charge >= 0.3 is 0 Å². The van der Waals surface area contributed by atoms with Crippen LogP contribution in [0.15, 0.2) is 6.20 Å². The molecule has 1 fully saturated rings. The van der Waals surface area contributed by atoms with Crippen LogP contribution in [0.5, 0.6) is 0 Å². The fraction of sp³-hybridized carbons (Fsp3) is 0.857. The van der Waals surface area contributed by atoms with Gasteiger partial charge in [-0.05, 0) is 18.8 Å². The van der Waals surface area contributed by atoms with E-state index in [1.807, 2.05) is 0 Å². The van der Waals surface area contributed by atoms with Crippen LogP contribution in [-0.2, 0) is 11.3 Å². The Hall–Kier alpha value is -0.940. The molecule has 1 aliphatic rings. The maximum absolute atomic E-state index is 5.00. The normalized spacial score (nSPS) is 23.7. The van der Waals surface area contributed by atoms with E-state index in [1.165, 1.54) is 32.1 Å². The smallest absolute Gasteiger partial charge is 0.0964 e. The summed E-state index contributed by atoms with van der Waals surface area (Å²) in [4.78, 5) is 0. The summed E-state index contributed by atoms with van der Waals surface area (Å²) >= 11 is 0. The Bertz CT molecular complexity index is 366. The van der Waals surface area contributed by atoms with E-state index in [4.69, 9.17) is 4.74 Å². The van der Waals surface area contributed by atoms with Crippen LogP contribution in [0.2, 0.25) is 0 Å². The number of nitrogens with one attached hydrogen (secondary N) is 1. The Morgan fingerprint density at radius 1 is 1.47 bits per heavy atom. The molecule has 1 saturated carbocycles. The lowest BCUT2D eigenvalue weighted by atomic mass is 9.84. The fourth-order valence-corrected chi connectivity index (χ4v) is 2.84. The zero-order chi connectivity index (χ0) is 13.5. The quantitative estimate of drug-likeness (QED) is 0.768. The monoisotopic (exact) mass is 266 g/mol. The van der Waals surface area contributed by atoms with Gasteiger partial charge in [-0.15, -0.1) is 5.10 Å². The van der Waals surface area contributed by atoms with Crippen LogP contribution >= 0.6 is 0 Å². The Morgan fingerprint density at radius 2 is 2.37 bits per heavy atom. The lowest BCUT2D eigenvalue weighted by molar-refractivity contribution is 0.199. The van der Waals surface area contributed by atoms with Crippen LogP contribution in [0.25, 0.3) is 0 Å². The predicted octanol–water partition coefficient (Wildman–Crippen LogP) is 2.16. The molecular formula is C14H26N4O. The summed E-state index contributed by atoms with van der Waals surface area (Å²) in [6.45, 7) is 4.65. The number of methoxy groups -OCH3 is 1. The maximum atomic E-state index is 5.00. The van der Waals surface area contributed by atoms with Crippen molar-refractivity contribution in [1.29, 1.82) is 0 Å². The van der Waals surface area contributed by atoms with E-state index in [2.05, 4.69) is 33.4 Å². The van der Waals surface area contributed by atoms with Gasteiger partial charge in [0.05, 0.1) is 24.5 Å². The third-order valence-corrected chi connectivity index (χ3v) is 4.05. The Kier molecular flexibility index (Phi) is 5.79.